The van der Waals surface area contributed by atoms with E-state index in [1.807, 2.05) is 19.9 Å². The molecule has 114 valence electrons. The predicted molar refractivity (Wildman–Crippen MR) is 92.3 cm³/mol. The molecule has 6 heteroatoms. The molecule has 4 nitrogen and oxygen atoms in total. The van der Waals surface area contributed by atoms with Crippen molar-refractivity contribution in [2.45, 2.75) is 13.8 Å². The summed E-state index contributed by atoms with van der Waals surface area (Å²) in [5, 5.41) is 5.59. The van der Waals surface area contributed by atoms with Gasteiger partial charge in [0.05, 0.1) is 0 Å². The Bertz CT molecular complexity index is 747. The van der Waals surface area contributed by atoms with Gasteiger partial charge in [-0.15, -0.1) is 0 Å². The number of anilines is 2. The maximum Gasteiger partial charge on any atom is 0.314 e. The Morgan fingerprint density at radius 1 is 0.955 bits per heavy atom. The summed E-state index contributed by atoms with van der Waals surface area (Å²) in [7, 11) is 0. The lowest BCUT2D eigenvalue weighted by Gasteiger charge is -2.10. The van der Waals surface area contributed by atoms with E-state index in [2.05, 4.69) is 26.6 Å². The molecule has 0 saturated carbocycles. The highest BCUT2D eigenvalue weighted by Crippen LogP contribution is 2.22. The molecule has 0 saturated heterocycles. The zero-order valence-corrected chi connectivity index (χ0v) is 14.4. The average molecular weight is 382 g/mol. The molecule has 0 aliphatic rings. The molecule has 0 radical (unpaired) electrons. The van der Waals surface area contributed by atoms with E-state index in [0.717, 1.165) is 15.6 Å². The fraction of sp³-hybridized carbons (Fsp3) is 0.125. The minimum absolute atomic E-state index is 0.490. The third kappa shape index (κ3) is 4.08. The minimum atomic E-state index is -0.748. The Labute approximate surface area is 142 Å². The molecule has 0 unspecified atom stereocenters. The molecule has 0 aliphatic heterocycles. The molecule has 2 N–H and O–H groups in total. The molecule has 0 atom stereocenters. The van der Waals surface area contributed by atoms with Crippen molar-refractivity contribution in [3.8, 4) is 0 Å². The van der Waals surface area contributed by atoms with Gasteiger partial charge >= 0.3 is 11.8 Å². The molecule has 0 bridgehead atoms. The molecule has 0 aliphatic carbocycles. The van der Waals surface area contributed by atoms with Crippen molar-refractivity contribution in [3.63, 3.8) is 0 Å². The third-order valence-electron chi connectivity index (χ3n) is 3.08. The Morgan fingerprint density at radius 3 is 2.27 bits per heavy atom. The van der Waals surface area contributed by atoms with E-state index in [1.165, 1.54) is 0 Å². The molecule has 2 rings (SSSR count). The highest BCUT2D eigenvalue weighted by molar-refractivity contribution is 9.10. The van der Waals surface area contributed by atoms with Crippen LogP contribution in [0.4, 0.5) is 11.4 Å². The molecule has 0 spiro atoms. The summed E-state index contributed by atoms with van der Waals surface area (Å²) in [5.74, 6) is -1.49. The first kappa shape index (κ1) is 16.5. The highest BCUT2D eigenvalue weighted by atomic mass is 79.9. The van der Waals surface area contributed by atoms with Crippen LogP contribution in [0.25, 0.3) is 0 Å². The van der Waals surface area contributed by atoms with Crippen molar-refractivity contribution in [2.75, 3.05) is 10.6 Å². The van der Waals surface area contributed by atoms with Crippen molar-refractivity contribution < 1.29 is 9.59 Å². The molecule has 0 heterocycles. The SMILES string of the molecule is Cc1ccc(NC(=O)C(=O)Nc2cc(Cl)ccc2C)cc1Br. The largest absolute Gasteiger partial charge is 0.318 e. The summed E-state index contributed by atoms with van der Waals surface area (Å²) >= 11 is 9.26. The van der Waals surface area contributed by atoms with E-state index >= 15 is 0 Å². The van der Waals surface area contributed by atoms with E-state index in [9.17, 15) is 9.59 Å². The van der Waals surface area contributed by atoms with Gasteiger partial charge in [-0.3, -0.25) is 9.59 Å². The number of halogens is 2. The molecular weight excluding hydrogens is 368 g/mol. The summed E-state index contributed by atoms with van der Waals surface area (Å²) in [6, 6.07) is 10.4. The lowest BCUT2D eigenvalue weighted by atomic mass is 10.2. The van der Waals surface area contributed by atoms with Crippen LogP contribution in [0.3, 0.4) is 0 Å². The van der Waals surface area contributed by atoms with Crippen LogP contribution in [0, 0.1) is 13.8 Å². The molecule has 0 aromatic heterocycles. The molecule has 22 heavy (non-hydrogen) atoms. The summed E-state index contributed by atoms with van der Waals surface area (Å²) in [4.78, 5) is 23.9. The first-order valence-corrected chi connectivity index (χ1v) is 7.68. The van der Waals surface area contributed by atoms with Gasteiger partial charge in [-0.05, 0) is 49.2 Å². The summed E-state index contributed by atoms with van der Waals surface area (Å²) in [5.41, 5.74) is 2.92. The van der Waals surface area contributed by atoms with E-state index in [-0.39, 0.29) is 0 Å². The predicted octanol–water partition coefficient (Wildman–Crippen LogP) is 4.30. The minimum Gasteiger partial charge on any atom is -0.318 e. The maximum absolute atomic E-state index is 12.0. The first-order chi connectivity index (χ1) is 10.4. The number of carbonyl (C=O) groups excluding carboxylic acids is 2. The smallest absolute Gasteiger partial charge is 0.314 e. The van der Waals surface area contributed by atoms with Gasteiger partial charge in [-0.25, -0.2) is 0 Å². The first-order valence-electron chi connectivity index (χ1n) is 6.51. The number of carbonyl (C=O) groups is 2. The number of hydrogen-bond donors (Lipinski definition) is 2. The van der Waals surface area contributed by atoms with Gasteiger partial charge in [-0.1, -0.05) is 39.7 Å². The third-order valence-corrected chi connectivity index (χ3v) is 4.17. The van der Waals surface area contributed by atoms with Gasteiger partial charge in [-0.2, -0.15) is 0 Å². The zero-order chi connectivity index (χ0) is 16.3. The fourth-order valence-electron chi connectivity index (χ4n) is 1.77. The Kier molecular flexibility index (Phi) is 5.21. The monoisotopic (exact) mass is 380 g/mol. The number of aryl methyl sites for hydroxylation is 2. The second-order valence-corrected chi connectivity index (χ2v) is 6.12. The average Bonchev–Trinajstić information content (AvgIpc) is 2.46. The number of rotatable bonds is 2. The lowest BCUT2D eigenvalue weighted by Crippen LogP contribution is -2.29. The highest BCUT2D eigenvalue weighted by Gasteiger charge is 2.15. The molecular formula is C16H14BrClN2O2. The quantitative estimate of drug-likeness (QED) is 0.762. The van der Waals surface area contributed by atoms with Crippen molar-refractivity contribution >= 4 is 50.7 Å². The molecule has 2 aromatic rings. The number of hydrogen-bond acceptors (Lipinski definition) is 2. The van der Waals surface area contributed by atoms with E-state index < -0.39 is 11.8 Å². The van der Waals surface area contributed by atoms with Crippen molar-refractivity contribution in [2.24, 2.45) is 0 Å². The summed E-state index contributed by atoms with van der Waals surface area (Å²) in [6.07, 6.45) is 0. The second-order valence-electron chi connectivity index (χ2n) is 4.83. The van der Waals surface area contributed by atoms with Crippen molar-refractivity contribution in [3.05, 3.63) is 57.0 Å². The van der Waals surface area contributed by atoms with E-state index in [0.29, 0.717) is 16.4 Å². The summed E-state index contributed by atoms with van der Waals surface area (Å²) < 4.78 is 0.858. The van der Waals surface area contributed by atoms with Crippen LogP contribution in [0.1, 0.15) is 11.1 Å². The number of nitrogens with one attached hydrogen (secondary N) is 2. The maximum atomic E-state index is 12.0. The standard InChI is InChI=1S/C16H14BrClN2O2/c1-9-4-6-12(8-13(9)17)19-15(21)16(22)20-14-7-11(18)5-3-10(14)2/h3-8H,1-2H3,(H,19,21)(H,20,22). The number of amides is 2. The second kappa shape index (κ2) is 6.94. The number of benzene rings is 2. The van der Waals surface area contributed by atoms with Crippen LogP contribution < -0.4 is 10.6 Å². The van der Waals surface area contributed by atoms with Gasteiger partial charge in [0, 0.05) is 20.9 Å². The molecule has 2 aromatic carbocycles. The van der Waals surface area contributed by atoms with Gasteiger partial charge in [0.2, 0.25) is 0 Å². The molecule has 0 fully saturated rings. The topological polar surface area (TPSA) is 58.2 Å². The normalized spacial score (nSPS) is 10.2. The van der Waals surface area contributed by atoms with Crippen LogP contribution in [0.15, 0.2) is 40.9 Å². The Hall–Kier alpha value is -1.85. The Morgan fingerprint density at radius 2 is 1.59 bits per heavy atom. The van der Waals surface area contributed by atoms with Crippen LogP contribution in [-0.4, -0.2) is 11.8 Å². The van der Waals surface area contributed by atoms with Crippen LogP contribution >= 0.6 is 27.5 Å². The van der Waals surface area contributed by atoms with Gasteiger partial charge in [0.25, 0.3) is 0 Å². The Balaban J connectivity index is 2.07. The summed E-state index contributed by atoms with van der Waals surface area (Å²) in [6.45, 7) is 3.76. The van der Waals surface area contributed by atoms with Gasteiger partial charge in [0.15, 0.2) is 0 Å². The van der Waals surface area contributed by atoms with E-state index in [1.54, 1.807) is 30.3 Å². The van der Waals surface area contributed by atoms with Crippen LogP contribution in [-0.2, 0) is 9.59 Å². The van der Waals surface area contributed by atoms with E-state index in [4.69, 9.17) is 11.6 Å². The van der Waals surface area contributed by atoms with Gasteiger partial charge < -0.3 is 10.6 Å². The van der Waals surface area contributed by atoms with Gasteiger partial charge in [0.1, 0.15) is 0 Å². The fourth-order valence-corrected chi connectivity index (χ4v) is 2.32. The zero-order valence-electron chi connectivity index (χ0n) is 12.0. The molecule has 2 amide bonds. The van der Waals surface area contributed by atoms with Crippen molar-refractivity contribution in [1.82, 2.24) is 0 Å². The van der Waals surface area contributed by atoms with Crippen LogP contribution in [0.5, 0.6) is 0 Å². The van der Waals surface area contributed by atoms with Crippen LogP contribution in [0.2, 0.25) is 5.02 Å². The lowest BCUT2D eigenvalue weighted by molar-refractivity contribution is -0.133. The van der Waals surface area contributed by atoms with Crippen molar-refractivity contribution in [1.29, 1.82) is 0 Å².